The maximum Gasteiger partial charge on any atom is 0.249 e. The first-order valence-electron chi connectivity index (χ1n) is 5.48. The number of nitrogens with zero attached hydrogens (tertiary/aromatic N) is 3. The summed E-state index contributed by atoms with van der Waals surface area (Å²) >= 11 is 11.8. The number of halogens is 2. The Morgan fingerprint density at radius 3 is 2.72 bits per heavy atom. The first-order valence-corrected chi connectivity index (χ1v) is 6.23. The van der Waals surface area contributed by atoms with E-state index in [1.54, 1.807) is 24.0 Å². The van der Waals surface area contributed by atoms with E-state index in [0.29, 0.717) is 6.42 Å². The number of amides is 1. The van der Waals surface area contributed by atoms with E-state index in [2.05, 4.69) is 15.6 Å². The van der Waals surface area contributed by atoms with Crippen molar-refractivity contribution in [3.05, 3.63) is 17.5 Å². The number of nitrogens with one attached hydrogen (secondary N) is 1. The molecule has 1 saturated carbocycles. The van der Waals surface area contributed by atoms with Gasteiger partial charge in [-0.25, -0.2) is 5.43 Å². The van der Waals surface area contributed by atoms with Gasteiger partial charge < -0.3 is 0 Å². The zero-order valence-corrected chi connectivity index (χ0v) is 11.9. The third-order valence-corrected chi connectivity index (χ3v) is 4.50. The molecule has 5 nitrogen and oxygen atoms in total. The highest BCUT2D eigenvalue weighted by Gasteiger charge is 2.68. The lowest BCUT2D eigenvalue weighted by Crippen LogP contribution is -2.29. The first kappa shape index (κ1) is 13.4. The normalized spacial score (nSPS) is 25.4. The fraction of sp³-hybridized carbons (Fsp3) is 0.545. The Kier molecular flexibility index (Phi) is 3.15. The minimum Gasteiger partial charge on any atom is -0.272 e. The Hall–Kier alpha value is -1.07. The lowest BCUT2D eigenvalue weighted by atomic mass is 10.1. The Labute approximate surface area is 115 Å². The number of hydrogen-bond acceptors (Lipinski definition) is 3. The van der Waals surface area contributed by atoms with Crippen molar-refractivity contribution < 1.29 is 4.79 Å². The molecule has 1 aliphatic carbocycles. The highest BCUT2D eigenvalue weighted by molar-refractivity contribution is 6.53. The van der Waals surface area contributed by atoms with Crippen LogP contribution in [0.15, 0.2) is 11.3 Å². The van der Waals surface area contributed by atoms with Gasteiger partial charge in [0.05, 0.1) is 17.8 Å². The zero-order chi connectivity index (χ0) is 13.6. The maximum atomic E-state index is 11.8. The summed E-state index contributed by atoms with van der Waals surface area (Å²) in [4.78, 5) is 11.8. The fourth-order valence-electron chi connectivity index (χ4n) is 1.57. The summed E-state index contributed by atoms with van der Waals surface area (Å²) in [5.74, 6) is -0.273. The zero-order valence-electron chi connectivity index (χ0n) is 10.4. The van der Waals surface area contributed by atoms with Gasteiger partial charge in [0.2, 0.25) is 5.91 Å². The molecule has 7 heteroatoms. The quantitative estimate of drug-likeness (QED) is 0.523. The molecule has 0 spiro atoms. The van der Waals surface area contributed by atoms with Gasteiger partial charge in [-0.05, 0) is 20.3 Å². The van der Waals surface area contributed by atoms with E-state index >= 15 is 0 Å². The van der Waals surface area contributed by atoms with Crippen molar-refractivity contribution in [3.8, 4) is 0 Å². The molecule has 0 unspecified atom stereocenters. The van der Waals surface area contributed by atoms with E-state index in [9.17, 15) is 4.79 Å². The minimum absolute atomic E-state index is 0.273. The van der Waals surface area contributed by atoms with E-state index in [4.69, 9.17) is 23.2 Å². The topological polar surface area (TPSA) is 59.3 Å². The van der Waals surface area contributed by atoms with Gasteiger partial charge in [-0.3, -0.25) is 9.48 Å². The number of carbonyl (C=O) groups is 1. The monoisotopic (exact) mass is 288 g/mol. The maximum absolute atomic E-state index is 11.8. The largest absolute Gasteiger partial charge is 0.272 e. The van der Waals surface area contributed by atoms with Crippen LogP contribution in [0.25, 0.3) is 0 Å². The molecule has 1 N–H and O–H groups in total. The standard InChI is InChI=1S/C11H14Cl2N4O/c1-7-8(5-15-17(7)3)4-14-16-9(18)10(2)6-11(10,12)13/h4-5H,6H2,1-3H3,(H,16,18)/t10-/m1/s1. The molecule has 2 rings (SSSR count). The Morgan fingerprint density at radius 1 is 1.67 bits per heavy atom. The summed E-state index contributed by atoms with van der Waals surface area (Å²) in [6.07, 6.45) is 3.67. The Bertz CT molecular complexity index is 523. The van der Waals surface area contributed by atoms with Crippen molar-refractivity contribution in [1.82, 2.24) is 15.2 Å². The number of hydrazone groups is 1. The molecule has 1 aromatic rings. The summed E-state index contributed by atoms with van der Waals surface area (Å²) < 4.78 is 0.755. The predicted molar refractivity (Wildman–Crippen MR) is 70.8 cm³/mol. The van der Waals surface area contributed by atoms with Crippen LogP contribution in [0.5, 0.6) is 0 Å². The number of aryl methyl sites for hydroxylation is 1. The fourth-order valence-corrected chi connectivity index (χ4v) is 2.28. The van der Waals surface area contributed by atoms with Gasteiger partial charge in [-0.15, -0.1) is 23.2 Å². The highest BCUT2D eigenvalue weighted by Crippen LogP contribution is 2.63. The summed E-state index contributed by atoms with van der Waals surface area (Å²) in [6, 6.07) is 0. The van der Waals surface area contributed by atoms with Gasteiger partial charge in [0.15, 0.2) is 0 Å². The lowest BCUT2D eigenvalue weighted by Gasteiger charge is -2.08. The van der Waals surface area contributed by atoms with Crippen LogP contribution in [0, 0.1) is 12.3 Å². The van der Waals surface area contributed by atoms with Crippen molar-refractivity contribution in [3.63, 3.8) is 0 Å². The number of carbonyl (C=O) groups excluding carboxylic acids is 1. The van der Waals surface area contributed by atoms with Crippen molar-refractivity contribution in [2.75, 3.05) is 0 Å². The molecule has 98 valence electrons. The van der Waals surface area contributed by atoms with Crippen molar-refractivity contribution in [2.24, 2.45) is 17.6 Å². The lowest BCUT2D eigenvalue weighted by molar-refractivity contribution is -0.125. The summed E-state index contributed by atoms with van der Waals surface area (Å²) in [5, 5.41) is 7.96. The van der Waals surface area contributed by atoms with Crippen molar-refractivity contribution in [1.29, 1.82) is 0 Å². The average molecular weight is 289 g/mol. The van der Waals surface area contributed by atoms with E-state index in [-0.39, 0.29) is 5.91 Å². The van der Waals surface area contributed by atoms with Crippen LogP contribution in [0.4, 0.5) is 0 Å². The molecule has 1 aliphatic rings. The molecule has 18 heavy (non-hydrogen) atoms. The van der Waals surface area contributed by atoms with Crippen molar-refractivity contribution >= 4 is 35.3 Å². The van der Waals surface area contributed by atoms with E-state index < -0.39 is 9.75 Å². The number of hydrogen-bond donors (Lipinski definition) is 1. The number of alkyl halides is 2. The smallest absolute Gasteiger partial charge is 0.249 e. The van der Waals surface area contributed by atoms with Crippen LogP contribution in [-0.4, -0.2) is 26.2 Å². The summed E-state index contributed by atoms with van der Waals surface area (Å²) in [5.41, 5.74) is 3.51. The molecule has 1 atom stereocenters. The SMILES string of the molecule is Cc1c(C=NNC(=O)[C@@]2(C)CC2(Cl)Cl)cnn1C. The molecule has 0 aliphatic heterocycles. The van der Waals surface area contributed by atoms with Crippen LogP contribution in [0.2, 0.25) is 0 Å². The third kappa shape index (κ3) is 2.12. The molecule has 0 bridgehead atoms. The average Bonchev–Trinajstić information content (AvgIpc) is 2.66. The second-order valence-corrected chi connectivity index (χ2v) is 6.21. The van der Waals surface area contributed by atoms with Gasteiger partial charge in [0, 0.05) is 18.3 Å². The molecular weight excluding hydrogens is 275 g/mol. The molecule has 1 amide bonds. The van der Waals surface area contributed by atoms with E-state index in [1.165, 1.54) is 0 Å². The third-order valence-electron chi connectivity index (χ3n) is 3.40. The molecular formula is C11H14Cl2N4O. The van der Waals surface area contributed by atoms with E-state index in [1.807, 2.05) is 14.0 Å². The predicted octanol–water partition coefficient (Wildman–Crippen LogP) is 1.76. The van der Waals surface area contributed by atoms with Crippen LogP contribution in [-0.2, 0) is 11.8 Å². The second-order valence-electron chi connectivity index (χ2n) is 4.72. The first-order chi connectivity index (χ1) is 8.28. The summed E-state index contributed by atoms with van der Waals surface area (Å²) in [6.45, 7) is 3.63. The molecule has 1 heterocycles. The van der Waals surface area contributed by atoms with Gasteiger partial charge >= 0.3 is 0 Å². The summed E-state index contributed by atoms with van der Waals surface area (Å²) in [7, 11) is 1.84. The van der Waals surface area contributed by atoms with Crippen LogP contribution >= 0.6 is 23.2 Å². The Morgan fingerprint density at radius 2 is 2.28 bits per heavy atom. The van der Waals surface area contributed by atoms with Gasteiger partial charge in [-0.1, -0.05) is 0 Å². The number of rotatable bonds is 3. The molecule has 0 saturated heterocycles. The second kappa shape index (κ2) is 4.24. The van der Waals surface area contributed by atoms with Gasteiger partial charge in [0.25, 0.3) is 0 Å². The minimum atomic E-state index is -0.975. The van der Waals surface area contributed by atoms with Crippen LogP contribution < -0.4 is 5.43 Å². The molecule has 0 radical (unpaired) electrons. The molecule has 0 aromatic carbocycles. The molecule has 1 aromatic heterocycles. The van der Waals surface area contributed by atoms with Gasteiger partial charge in [-0.2, -0.15) is 10.2 Å². The van der Waals surface area contributed by atoms with E-state index in [0.717, 1.165) is 11.3 Å². The number of aromatic nitrogens is 2. The van der Waals surface area contributed by atoms with Crippen LogP contribution in [0.3, 0.4) is 0 Å². The molecule has 1 fully saturated rings. The van der Waals surface area contributed by atoms with Crippen LogP contribution in [0.1, 0.15) is 24.6 Å². The van der Waals surface area contributed by atoms with Gasteiger partial charge in [0.1, 0.15) is 4.33 Å². The van der Waals surface area contributed by atoms with Crippen molar-refractivity contribution in [2.45, 2.75) is 24.6 Å². The Balaban J connectivity index is 1.97. The highest BCUT2D eigenvalue weighted by atomic mass is 35.5.